The lowest BCUT2D eigenvalue weighted by molar-refractivity contribution is 0.299. The van der Waals surface area contributed by atoms with Gasteiger partial charge < -0.3 is 18.9 Å². The van der Waals surface area contributed by atoms with Gasteiger partial charge in [-0.2, -0.15) is 0 Å². The van der Waals surface area contributed by atoms with Crippen LogP contribution in [0.3, 0.4) is 0 Å². The predicted molar refractivity (Wildman–Crippen MR) is 308 cm³/mol. The first-order valence-corrected chi connectivity index (χ1v) is 29.2. The zero-order valence-corrected chi connectivity index (χ0v) is 45.6. The highest BCUT2D eigenvalue weighted by Gasteiger charge is 2.07. The van der Waals surface area contributed by atoms with Gasteiger partial charge in [0.25, 0.3) is 0 Å². The van der Waals surface area contributed by atoms with Gasteiger partial charge >= 0.3 is 0 Å². The molecule has 0 spiro atoms. The molecule has 74 heavy (non-hydrogen) atoms. The van der Waals surface area contributed by atoms with Crippen LogP contribution >= 0.6 is 0 Å². The first kappa shape index (κ1) is 57.5. The molecule has 2 heterocycles. The van der Waals surface area contributed by atoms with E-state index in [0.717, 1.165) is 111 Å². The number of nitrogens with zero attached hydrogens (tertiary/aromatic N) is 4. The summed E-state index contributed by atoms with van der Waals surface area (Å²) in [6, 6.07) is 33.3. The van der Waals surface area contributed by atoms with Crippen molar-refractivity contribution in [3.05, 3.63) is 133 Å². The van der Waals surface area contributed by atoms with Crippen LogP contribution < -0.4 is 18.9 Å². The monoisotopic (exact) mass is 1000 g/mol. The number of ether oxygens (including phenoxy) is 4. The Morgan fingerprint density at radius 3 is 0.757 bits per heavy atom. The van der Waals surface area contributed by atoms with E-state index in [2.05, 4.69) is 107 Å². The minimum Gasteiger partial charge on any atom is -0.494 e. The third-order valence-electron chi connectivity index (χ3n) is 14.0. The van der Waals surface area contributed by atoms with Crippen molar-refractivity contribution in [2.45, 2.75) is 194 Å². The molecule has 0 aliphatic rings. The second-order valence-corrected chi connectivity index (χ2v) is 20.3. The van der Waals surface area contributed by atoms with Crippen molar-refractivity contribution in [2.24, 2.45) is 0 Å². The van der Waals surface area contributed by atoms with E-state index >= 15 is 0 Å². The third-order valence-corrected chi connectivity index (χ3v) is 14.0. The smallest absolute Gasteiger partial charge is 0.159 e. The normalized spacial score (nSPS) is 11.2. The van der Waals surface area contributed by atoms with Crippen LogP contribution in [0.4, 0.5) is 0 Å². The molecule has 0 N–H and O–H groups in total. The summed E-state index contributed by atoms with van der Waals surface area (Å²) >= 11 is 0. The van der Waals surface area contributed by atoms with Crippen molar-refractivity contribution < 1.29 is 18.9 Å². The topological polar surface area (TPSA) is 88.5 Å². The highest BCUT2D eigenvalue weighted by molar-refractivity contribution is 5.65. The van der Waals surface area contributed by atoms with Crippen LogP contribution in [-0.2, 0) is 12.8 Å². The Bertz CT molecular complexity index is 2140. The summed E-state index contributed by atoms with van der Waals surface area (Å²) in [5.74, 6) is 5.23. The number of rotatable bonds is 41. The van der Waals surface area contributed by atoms with Crippen molar-refractivity contribution in [1.29, 1.82) is 0 Å². The summed E-state index contributed by atoms with van der Waals surface area (Å²) in [6.07, 6.45) is 42.3. The molecule has 0 saturated carbocycles. The van der Waals surface area contributed by atoms with Gasteiger partial charge in [-0.25, -0.2) is 19.9 Å². The Kier molecular flexibility index (Phi) is 28.2. The SMILES string of the molecule is CCCCCCCCc1cnc(-c2ccc(OCCCCCCCCCOc3ccc(-c4ccc(OCCCCCCCCCOc5ccc(-c6ncc(CCCCCCCC)cn6)cc5)cc4)cc3)cc2)nc1. The fourth-order valence-corrected chi connectivity index (χ4v) is 9.31. The summed E-state index contributed by atoms with van der Waals surface area (Å²) in [4.78, 5) is 18.5. The molecule has 0 aliphatic heterocycles. The van der Waals surface area contributed by atoms with Gasteiger partial charge in [0.2, 0.25) is 0 Å². The molecular weight excluding hydrogens is 913 g/mol. The second-order valence-electron chi connectivity index (χ2n) is 20.3. The van der Waals surface area contributed by atoms with Gasteiger partial charge in [0, 0.05) is 35.9 Å². The maximum absolute atomic E-state index is 6.07. The van der Waals surface area contributed by atoms with E-state index in [1.807, 2.05) is 49.1 Å². The fourth-order valence-electron chi connectivity index (χ4n) is 9.31. The molecule has 4 aromatic carbocycles. The van der Waals surface area contributed by atoms with Crippen LogP contribution in [0, 0.1) is 0 Å². The van der Waals surface area contributed by atoms with Crippen molar-refractivity contribution in [3.8, 4) is 56.9 Å². The highest BCUT2D eigenvalue weighted by Crippen LogP contribution is 2.26. The van der Waals surface area contributed by atoms with Crippen LogP contribution in [0.15, 0.2) is 122 Å². The van der Waals surface area contributed by atoms with Gasteiger partial charge in [-0.15, -0.1) is 0 Å². The zero-order chi connectivity index (χ0) is 51.4. The molecule has 6 rings (SSSR count). The molecular formula is C66H90N4O4. The quantitative estimate of drug-likeness (QED) is 0.0351. The van der Waals surface area contributed by atoms with Gasteiger partial charge in [-0.3, -0.25) is 0 Å². The minimum atomic E-state index is 0.751. The Labute approximate surface area is 446 Å². The number of benzene rings is 4. The maximum atomic E-state index is 6.07. The summed E-state index contributed by atoms with van der Waals surface area (Å²) in [6.45, 7) is 7.54. The van der Waals surface area contributed by atoms with E-state index in [0.29, 0.717) is 0 Å². The molecule has 0 radical (unpaired) electrons. The van der Waals surface area contributed by atoms with Crippen LogP contribution in [0.2, 0.25) is 0 Å². The molecule has 0 atom stereocenters. The Hall–Kier alpha value is -5.76. The van der Waals surface area contributed by atoms with E-state index in [1.54, 1.807) is 0 Å². The van der Waals surface area contributed by atoms with E-state index in [4.69, 9.17) is 18.9 Å². The standard InChI is InChI=1S/C66H90N4O4/c1-3-5-7-9-17-23-29-55-51-67-65(68-52-55)59-35-43-63(44-36-59)73-49-27-21-15-11-13-19-25-47-71-61-39-31-57(32-40-61)58-33-41-62(42-34-58)72-48-26-20-14-12-16-22-28-50-74-64-45-37-60(38-46-64)66-69-53-56(54-70-66)30-24-18-10-8-6-4-2/h31-46,51-54H,3-30,47-50H2,1-2H3. The molecule has 6 aromatic rings. The van der Waals surface area contributed by atoms with E-state index in [1.165, 1.54) is 164 Å². The number of hydrogen-bond donors (Lipinski definition) is 0. The zero-order valence-electron chi connectivity index (χ0n) is 45.6. The van der Waals surface area contributed by atoms with Gasteiger partial charge in [0.1, 0.15) is 23.0 Å². The minimum absolute atomic E-state index is 0.751. The van der Waals surface area contributed by atoms with Crippen LogP contribution in [0.1, 0.15) is 192 Å². The number of aromatic nitrogens is 4. The summed E-state index contributed by atoms with van der Waals surface area (Å²) in [5, 5.41) is 0. The van der Waals surface area contributed by atoms with Gasteiger partial charge in [-0.1, -0.05) is 167 Å². The molecule has 0 bridgehead atoms. The first-order valence-electron chi connectivity index (χ1n) is 29.2. The molecule has 0 unspecified atom stereocenters. The van der Waals surface area contributed by atoms with Gasteiger partial charge in [0.15, 0.2) is 11.6 Å². The largest absolute Gasteiger partial charge is 0.494 e. The van der Waals surface area contributed by atoms with Crippen molar-refractivity contribution in [2.75, 3.05) is 26.4 Å². The van der Waals surface area contributed by atoms with Crippen molar-refractivity contribution in [3.63, 3.8) is 0 Å². The molecule has 0 fully saturated rings. The molecule has 8 heteroatoms. The maximum Gasteiger partial charge on any atom is 0.159 e. The van der Waals surface area contributed by atoms with E-state index in [-0.39, 0.29) is 0 Å². The van der Waals surface area contributed by atoms with Crippen LogP contribution in [0.5, 0.6) is 23.0 Å². The lowest BCUT2D eigenvalue weighted by Gasteiger charge is -2.09. The molecule has 0 amide bonds. The van der Waals surface area contributed by atoms with Crippen molar-refractivity contribution in [1.82, 2.24) is 19.9 Å². The van der Waals surface area contributed by atoms with Gasteiger partial charge in [-0.05, 0) is 146 Å². The number of unbranched alkanes of at least 4 members (excludes halogenated alkanes) is 22. The number of hydrogen-bond acceptors (Lipinski definition) is 8. The van der Waals surface area contributed by atoms with Crippen molar-refractivity contribution >= 4 is 0 Å². The molecule has 8 nitrogen and oxygen atoms in total. The van der Waals surface area contributed by atoms with Crippen LogP contribution in [0.25, 0.3) is 33.9 Å². The first-order chi connectivity index (χ1) is 36.7. The van der Waals surface area contributed by atoms with Crippen LogP contribution in [-0.4, -0.2) is 46.4 Å². The third kappa shape index (κ3) is 23.2. The van der Waals surface area contributed by atoms with E-state index < -0.39 is 0 Å². The summed E-state index contributed by atoms with van der Waals surface area (Å²) in [7, 11) is 0. The average Bonchev–Trinajstić information content (AvgIpc) is 3.44. The average molecular weight is 1000 g/mol. The lowest BCUT2D eigenvalue weighted by atomic mass is 10.1. The molecule has 2 aromatic heterocycles. The Morgan fingerprint density at radius 1 is 0.257 bits per heavy atom. The Balaban J connectivity index is 0.703. The molecule has 398 valence electrons. The highest BCUT2D eigenvalue weighted by atomic mass is 16.5. The number of aryl methyl sites for hydroxylation is 2. The van der Waals surface area contributed by atoms with Gasteiger partial charge in [0.05, 0.1) is 26.4 Å². The molecule has 0 saturated heterocycles. The molecule has 0 aliphatic carbocycles. The second kappa shape index (κ2) is 36.2. The van der Waals surface area contributed by atoms with E-state index in [9.17, 15) is 0 Å². The fraction of sp³-hybridized carbons (Fsp3) is 0.515. The predicted octanol–water partition coefficient (Wildman–Crippen LogP) is 18.5. The summed E-state index contributed by atoms with van der Waals surface area (Å²) in [5.41, 5.74) is 6.88. The lowest BCUT2D eigenvalue weighted by Crippen LogP contribution is -1.98. The Morgan fingerprint density at radius 2 is 0.486 bits per heavy atom. The summed E-state index contributed by atoms with van der Waals surface area (Å²) < 4.78 is 24.2.